The average molecular weight is 302 g/mol. The number of nitro groups is 1. The van der Waals surface area contributed by atoms with E-state index >= 15 is 0 Å². The molecule has 0 radical (unpaired) electrons. The Bertz CT molecular complexity index is 569. The molecular weight excluding hydrogens is 290 g/mol. The molecule has 10 heteroatoms. The zero-order valence-electron chi connectivity index (χ0n) is 10.7. The Balaban J connectivity index is 2.30. The number of hydrogen-bond acceptors (Lipinski definition) is 5. The van der Waals surface area contributed by atoms with Gasteiger partial charge in [0.1, 0.15) is 11.9 Å². The van der Waals surface area contributed by atoms with Crippen LogP contribution in [0.3, 0.4) is 0 Å². The van der Waals surface area contributed by atoms with Crippen LogP contribution in [-0.2, 0) is 0 Å². The van der Waals surface area contributed by atoms with Gasteiger partial charge in [0.05, 0.1) is 17.5 Å². The third-order valence-electron chi connectivity index (χ3n) is 3.05. The highest BCUT2D eigenvalue weighted by atomic mass is 19.3. The number of anilines is 1. The number of pyridine rings is 1. The fraction of sp³-hybridized carbons (Fsp3) is 0.455. The maximum Gasteiger partial charge on any atom is 0.404 e. The molecule has 8 nitrogen and oxygen atoms in total. The van der Waals surface area contributed by atoms with Crippen molar-refractivity contribution in [2.45, 2.75) is 18.4 Å². The van der Waals surface area contributed by atoms with E-state index < -0.39 is 41.6 Å². The number of alkyl halides is 2. The zero-order chi connectivity index (χ0) is 15.6. The first kappa shape index (κ1) is 14.9. The number of aromatic nitrogens is 1. The third kappa shape index (κ3) is 3.52. The first-order valence-corrected chi connectivity index (χ1v) is 5.99. The molecule has 1 saturated heterocycles. The van der Waals surface area contributed by atoms with Crippen molar-refractivity contribution in [1.29, 1.82) is 0 Å². The van der Waals surface area contributed by atoms with E-state index in [4.69, 9.17) is 5.11 Å². The molecule has 0 bridgehead atoms. The number of piperidine rings is 1. The van der Waals surface area contributed by atoms with Crippen LogP contribution in [0.2, 0.25) is 0 Å². The molecule has 0 aliphatic carbocycles. The van der Waals surface area contributed by atoms with Crippen molar-refractivity contribution in [2.75, 3.05) is 18.0 Å². The van der Waals surface area contributed by atoms with Gasteiger partial charge < -0.3 is 15.3 Å². The topological polar surface area (TPSA) is 109 Å². The van der Waals surface area contributed by atoms with Gasteiger partial charge in [-0.25, -0.2) is 13.6 Å². The molecule has 2 N–H and O–H groups in total. The lowest BCUT2D eigenvalue weighted by Gasteiger charge is -2.38. The first-order chi connectivity index (χ1) is 9.78. The number of rotatable bonds is 3. The number of nitrogens with one attached hydrogen (secondary N) is 1. The molecule has 1 aromatic rings. The molecule has 2 rings (SSSR count). The summed E-state index contributed by atoms with van der Waals surface area (Å²) >= 11 is 0. The van der Waals surface area contributed by atoms with E-state index in [1.54, 1.807) is 0 Å². The van der Waals surface area contributed by atoms with E-state index in [1.165, 1.54) is 12.3 Å². The molecule has 1 aliphatic heterocycles. The molecule has 21 heavy (non-hydrogen) atoms. The molecule has 0 saturated carbocycles. The van der Waals surface area contributed by atoms with Crippen LogP contribution in [0.25, 0.3) is 0 Å². The smallest absolute Gasteiger partial charge is 0.404 e. The molecule has 0 aromatic carbocycles. The second kappa shape index (κ2) is 5.46. The van der Waals surface area contributed by atoms with Gasteiger partial charge in [0, 0.05) is 19.2 Å². The highest BCUT2D eigenvalue weighted by Crippen LogP contribution is 2.34. The molecule has 1 atom stereocenters. The van der Waals surface area contributed by atoms with Crippen LogP contribution < -0.4 is 10.2 Å². The van der Waals surface area contributed by atoms with E-state index in [1.807, 2.05) is 5.32 Å². The van der Waals surface area contributed by atoms with E-state index in [0.717, 1.165) is 11.1 Å². The summed E-state index contributed by atoms with van der Waals surface area (Å²) in [5, 5.41) is 21.6. The van der Waals surface area contributed by atoms with Crippen molar-refractivity contribution in [3.63, 3.8) is 0 Å². The molecule has 1 amide bonds. The largest absolute Gasteiger partial charge is 0.465 e. The average Bonchev–Trinajstić information content (AvgIpc) is 2.35. The van der Waals surface area contributed by atoms with Crippen LogP contribution in [0.5, 0.6) is 0 Å². The van der Waals surface area contributed by atoms with Crippen LogP contribution in [0, 0.1) is 10.1 Å². The molecule has 0 spiro atoms. The third-order valence-corrected chi connectivity index (χ3v) is 3.05. The van der Waals surface area contributed by atoms with Gasteiger partial charge in [0.2, 0.25) is 0 Å². The van der Waals surface area contributed by atoms with E-state index in [-0.39, 0.29) is 12.2 Å². The number of nitrogens with zero attached hydrogens (tertiary/aromatic N) is 3. The Morgan fingerprint density at radius 3 is 2.95 bits per heavy atom. The van der Waals surface area contributed by atoms with Crippen LogP contribution in [-0.4, -0.2) is 46.2 Å². The summed E-state index contributed by atoms with van der Waals surface area (Å²) in [5.74, 6) is -3.15. The van der Waals surface area contributed by atoms with E-state index in [0.29, 0.717) is 0 Å². The lowest BCUT2D eigenvalue weighted by atomic mass is 10.0. The number of carboxylic acid groups (broad SMARTS) is 1. The van der Waals surface area contributed by atoms with E-state index in [2.05, 4.69) is 4.98 Å². The van der Waals surface area contributed by atoms with Crippen molar-refractivity contribution in [1.82, 2.24) is 10.3 Å². The van der Waals surface area contributed by atoms with Gasteiger partial charge in [-0.15, -0.1) is 0 Å². The predicted molar refractivity (Wildman–Crippen MR) is 67.6 cm³/mol. The second-order valence-corrected chi connectivity index (χ2v) is 4.71. The summed E-state index contributed by atoms with van der Waals surface area (Å²) in [6.07, 6.45) is 0.173. The Morgan fingerprint density at radius 2 is 2.33 bits per heavy atom. The Morgan fingerprint density at radius 1 is 1.62 bits per heavy atom. The summed E-state index contributed by atoms with van der Waals surface area (Å²) < 4.78 is 27.4. The summed E-state index contributed by atoms with van der Waals surface area (Å²) in [6.45, 7) is -0.789. The molecule has 1 aliphatic rings. The fourth-order valence-corrected chi connectivity index (χ4v) is 2.34. The Kier molecular flexibility index (Phi) is 3.87. The Labute approximate surface area is 117 Å². The summed E-state index contributed by atoms with van der Waals surface area (Å²) in [6, 6.07) is 0.246. The molecule has 1 aromatic heterocycles. The monoisotopic (exact) mass is 302 g/mol. The van der Waals surface area contributed by atoms with Crippen molar-refractivity contribution in [2.24, 2.45) is 0 Å². The summed E-state index contributed by atoms with van der Waals surface area (Å²) in [4.78, 5) is 25.5. The van der Waals surface area contributed by atoms with Crippen molar-refractivity contribution >= 4 is 17.5 Å². The fourth-order valence-electron chi connectivity index (χ4n) is 2.34. The molecule has 114 valence electrons. The van der Waals surface area contributed by atoms with Gasteiger partial charge >= 0.3 is 11.8 Å². The van der Waals surface area contributed by atoms with Crippen molar-refractivity contribution in [3.05, 3.63) is 28.6 Å². The van der Waals surface area contributed by atoms with Crippen LogP contribution >= 0.6 is 0 Å². The second-order valence-electron chi connectivity index (χ2n) is 4.71. The molecule has 2 heterocycles. The minimum Gasteiger partial charge on any atom is -0.465 e. The summed E-state index contributed by atoms with van der Waals surface area (Å²) in [5.41, 5.74) is -0.407. The number of halogens is 2. The minimum atomic E-state index is -3.15. The standard InChI is InChI=1S/C11H12F2N4O4/c12-11(13)3-7(15-10(18)19)5-16(6-11)8-1-2-14-4-9(8)17(20)21/h1-2,4,7,15H,3,5-6H2,(H,18,19)/t7-/m0/s1. The summed E-state index contributed by atoms with van der Waals surface area (Å²) in [7, 11) is 0. The molecular formula is C11H12F2N4O4. The van der Waals surface area contributed by atoms with Crippen LogP contribution in [0.15, 0.2) is 18.5 Å². The Hall–Kier alpha value is -2.52. The molecule has 1 fully saturated rings. The van der Waals surface area contributed by atoms with Gasteiger partial charge in [0.25, 0.3) is 5.92 Å². The van der Waals surface area contributed by atoms with Gasteiger partial charge in [-0.3, -0.25) is 15.1 Å². The highest BCUT2D eigenvalue weighted by molar-refractivity contribution is 5.66. The lowest BCUT2D eigenvalue weighted by molar-refractivity contribution is -0.384. The van der Waals surface area contributed by atoms with Gasteiger partial charge in [-0.05, 0) is 6.07 Å². The number of amides is 1. The quantitative estimate of drug-likeness (QED) is 0.646. The number of hydrogen-bond donors (Lipinski definition) is 2. The first-order valence-electron chi connectivity index (χ1n) is 5.99. The lowest BCUT2D eigenvalue weighted by Crippen LogP contribution is -2.55. The van der Waals surface area contributed by atoms with Crippen LogP contribution in [0.4, 0.5) is 25.0 Å². The zero-order valence-corrected chi connectivity index (χ0v) is 10.7. The van der Waals surface area contributed by atoms with Gasteiger partial charge in [0.15, 0.2) is 0 Å². The van der Waals surface area contributed by atoms with Gasteiger partial charge in [-0.1, -0.05) is 0 Å². The van der Waals surface area contributed by atoms with Gasteiger partial charge in [-0.2, -0.15) is 0 Å². The SMILES string of the molecule is O=C(O)N[C@@H]1CN(c2ccncc2[N+](=O)[O-])CC(F)(F)C1. The number of carbonyl (C=O) groups is 1. The van der Waals surface area contributed by atoms with E-state index in [9.17, 15) is 23.7 Å². The highest BCUT2D eigenvalue weighted by Gasteiger charge is 2.42. The van der Waals surface area contributed by atoms with Crippen LogP contribution in [0.1, 0.15) is 6.42 Å². The van der Waals surface area contributed by atoms with Crippen molar-refractivity contribution < 1.29 is 23.6 Å². The maximum atomic E-state index is 13.7. The van der Waals surface area contributed by atoms with Crippen molar-refractivity contribution in [3.8, 4) is 0 Å². The minimum absolute atomic E-state index is 0.00781. The maximum absolute atomic E-state index is 13.7. The molecule has 0 unspecified atom stereocenters. The normalized spacial score (nSPS) is 20.9. The predicted octanol–water partition coefficient (Wildman–Crippen LogP) is 1.47.